The van der Waals surface area contributed by atoms with E-state index in [1.807, 2.05) is 0 Å². The molecule has 20 heavy (non-hydrogen) atoms. The summed E-state index contributed by atoms with van der Waals surface area (Å²) in [6.07, 6.45) is 0. The molecule has 0 N–H and O–H groups in total. The molecule has 0 aliphatic rings. The molecule has 0 heterocycles. The third kappa shape index (κ3) is 2.69. The van der Waals surface area contributed by atoms with E-state index in [1.54, 1.807) is 0 Å². The highest BCUT2D eigenvalue weighted by Crippen LogP contribution is 2.30. The van der Waals surface area contributed by atoms with Gasteiger partial charge < -0.3 is 4.74 Å². The van der Waals surface area contributed by atoms with E-state index in [0.717, 1.165) is 12.1 Å². The smallest absolute Gasteiger partial charge is 0.198 e. The van der Waals surface area contributed by atoms with E-state index < -0.39 is 17.4 Å². The molecule has 6 heteroatoms. The standard InChI is InChI=1S/C14H8BrClF2O2/c1-20-12-6-11(18)9(15)5-8(12)14(19)7-3-2-4-10(17)13(7)16/h2-6H,1H3. The third-order valence-corrected chi connectivity index (χ3v) is 3.68. The molecular formula is C14H8BrClF2O2. The number of ether oxygens (including phenoxy) is 1. The van der Waals surface area contributed by atoms with E-state index in [9.17, 15) is 13.6 Å². The van der Waals surface area contributed by atoms with Gasteiger partial charge in [-0.2, -0.15) is 0 Å². The molecule has 2 rings (SSSR count). The molecule has 0 saturated heterocycles. The minimum atomic E-state index is -0.697. The summed E-state index contributed by atoms with van der Waals surface area (Å²) >= 11 is 8.78. The van der Waals surface area contributed by atoms with Gasteiger partial charge in [-0.05, 0) is 34.1 Å². The summed E-state index contributed by atoms with van der Waals surface area (Å²) in [6.45, 7) is 0. The second-order valence-electron chi connectivity index (χ2n) is 3.90. The van der Waals surface area contributed by atoms with E-state index in [0.29, 0.717) is 0 Å². The Morgan fingerprint density at radius 1 is 1.20 bits per heavy atom. The van der Waals surface area contributed by atoms with Crippen molar-refractivity contribution in [3.05, 3.63) is 62.6 Å². The van der Waals surface area contributed by atoms with Crippen molar-refractivity contribution < 1.29 is 18.3 Å². The van der Waals surface area contributed by atoms with E-state index in [1.165, 1.54) is 25.3 Å². The van der Waals surface area contributed by atoms with Gasteiger partial charge in [0.25, 0.3) is 0 Å². The Morgan fingerprint density at radius 3 is 2.55 bits per heavy atom. The van der Waals surface area contributed by atoms with Gasteiger partial charge in [-0.15, -0.1) is 0 Å². The Balaban J connectivity index is 2.59. The normalized spacial score (nSPS) is 10.4. The van der Waals surface area contributed by atoms with Crippen LogP contribution in [-0.2, 0) is 0 Å². The first-order valence-corrected chi connectivity index (χ1v) is 6.64. The molecule has 0 unspecified atom stereocenters. The van der Waals surface area contributed by atoms with Gasteiger partial charge in [0, 0.05) is 11.6 Å². The van der Waals surface area contributed by atoms with Gasteiger partial charge in [0.1, 0.15) is 17.4 Å². The molecule has 0 radical (unpaired) electrons. The maximum atomic E-state index is 13.4. The highest BCUT2D eigenvalue weighted by Gasteiger charge is 2.20. The molecule has 2 aromatic rings. The summed E-state index contributed by atoms with van der Waals surface area (Å²) in [6, 6.07) is 6.27. The van der Waals surface area contributed by atoms with Crippen molar-refractivity contribution in [2.75, 3.05) is 7.11 Å². The van der Waals surface area contributed by atoms with Gasteiger partial charge in [0.2, 0.25) is 0 Å². The first kappa shape index (κ1) is 14.9. The zero-order valence-corrected chi connectivity index (χ0v) is 12.6. The predicted octanol–water partition coefficient (Wildman–Crippen LogP) is 4.62. The summed E-state index contributed by atoms with van der Waals surface area (Å²) in [5.41, 5.74) is 0.0803. The van der Waals surface area contributed by atoms with E-state index in [4.69, 9.17) is 16.3 Å². The Labute approximate surface area is 127 Å². The van der Waals surface area contributed by atoms with E-state index in [-0.39, 0.29) is 26.4 Å². The molecule has 0 amide bonds. The van der Waals surface area contributed by atoms with Gasteiger partial charge in [0.15, 0.2) is 5.78 Å². The SMILES string of the molecule is COc1cc(F)c(Br)cc1C(=O)c1cccc(F)c1Cl. The maximum absolute atomic E-state index is 13.4. The zero-order chi connectivity index (χ0) is 14.9. The van der Waals surface area contributed by atoms with Crippen molar-refractivity contribution >= 4 is 33.3 Å². The van der Waals surface area contributed by atoms with Crippen molar-refractivity contribution in [3.63, 3.8) is 0 Å². The lowest BCUT2D eigenvalue weighted by Gasteiger charge is -2.10. The summed E-state index contributed by atoms with van der Waals surface area (Å²) in [5.74, 6) is -1.76. The molecule has 0 aromatic heterocycles. The fourth-order valence-electron chi connectivity index (χ4n) is 1.70. The van der Waals surface area contributed by atoms with Crippen molar-refractivity contribution in [3.8, 4) is 5.75 Å². The van der Waals surface area contributed by atoms with Crippen LogP contribution in [0.2, 0.25) is 5.02 Å². The number of hydrogen-bond acceptors (Lipinski definition) is 2. The largest absolute Gasteiger partial charge is 0.496 e. The lowest BCUT2D eigenvalue weighted by molar-refractivity contribution is 0.103. The number of carbonyl (C=O) groups excluding carboxylic acids is 1. The van der Waals surface area contributed by atoms with Crippen LogP contribution in [0.25, 0.3) is 0 Å². The molecule has 0 fully saturated rings. The fourth-order valence-corrected chi connectivity index (χ4v) is 2.25. The van der Waals surface area contributed by atoms with Crippen LogP contribution in [0, 0.1) is 11.6 Å². The number of carbonyl (C=O) groups is 1. The van der Waals surface area contributed by atoms with E-state index in [2.05, 4.69) is 15.9 Å². The Hall–Kier alpha value is -1.46. The van der Waals surface area contributed by atoms with Gasteiger partial charge in [0.05, 0.1) is 22.2 Å². The van der Waals surface area contributed by atoms with Crippen LogP contribution in [0.3, 0.4) is 0 Å². The molecule has 0 bridgehead atoms. The van der Waals surface area contributed by atoms with Crippen LogP contribution < -0.4 is 4.74 Å². The molecule has 0 aliphatic heterocycles. The number of rotatable bonds is 3. The molecule has 104 valence electrons. The van der Waals surface area contributed by atoms with E-state index >= 15 is 0 Å². The van der Waals surface area contributed by atoms with Crippen LogP contribution in [-0.4, -0.2) is 12.9 Å². The van der Waals surface area contributed by atoms with Gasteiger partial charge in [-0.3, -0.25) is 4.79 Å². The summed E-state index contributed by atoms with van der Waals surface area (Å²) in [7, 11) is 1.31. The molecule has 0 atom stereocenters. The highest BCUT2D eigenvalue weighted by atomic mass is 79.9. The fraction of sp³-hybridized carbons (Fsp3) is 0.0714. The molecular weight excluding hydrogens is 354 g/mol. The Kier molecular flexibility index (Phi) is 4.40. The molecule has 0 spiro atoms. The lowest BCUT2D eigenvalue weighted by atomic mass is 10.0. The first-order valence-electron chi connectivity index (χ1n) is 5.47. The van der Waals surface area contributed by atoms with Crippen LogP contribution in [0.5, 0.6) is 5.75 Å². The molecule has 2 aromatic carbocycles. The number of hydrogen-bond donors (Lipinski definition) is 0. The number of ketones is 1. The van der Waals surface area contributed by atoms with Gasteiger partial charge in [-0.25, -0.2) is 8.78 Å². The first-order chi connectivity index (χ1) is 9.45. The van der Waals surface area contributed by atoms with Gasteiger partial charge in [-0.1, -0.05) is 17.7 Å². The Morgan fingerprint density at radius 2 is 1.90 bits per heavy atom. The van der Waals surface area contributed by atoms with Crippen LogP contribution >= 0.6 is 27.5 Å². The lowest BCUT2D eigenvalue weighted by Crippen LogP contribution is -2.06. The topological polar surface area (TPSA) is 26.3 Å². The summed E-state index contributed by atoms with van der Waals surface area (Å²) < 4.78 is 31.9. The monoisotopic (exact) mass is 360 g/mol. The minimum Gasteiger partial charge on any atom is -0.496 e. The minimum absolute atomic E-state index is 0.0107. The van der Waals surface area contributed by atoms with Crippen LogP contribution in [0.15, 0.2) is 34.8 Å². The van der Waals surface area contributed by atoms with Crippen molar-refractivity contribution in [1.82, 2.24) is 0 Å². The Bertz CT molecular complexity index is 689. The van der Waals surface area contributed by atoms with Crippen LogP contribution in [0.1, 0.15) is 15.9 Å². The van der Waals surface area contributed by atoms with Gasteiger partial charge >= 0.3 is 0 Å². The molecule has 2 nitrogen and oxygen atoms in total. The third-order valence-electron chi connectivity index (χ3n) is 2.68. The van der Waals surface area contributed by atoms with Crippen molar-refractivity contribution in [1.29, 1.82) is 0 Å². The predicted molar refractivity (Wildman–Crippen MR) is 75.5 cm³/mol. The average molecular weight is 362 g/mol. The van der Waals surface area contributed by atoms with Crippen molar-refractivity contribution in [2.45, 2.75) is 0 Å². The number of benzene rings is 2. The number of methoxy groups -OCH3 is 1. The summed E-state index contributed by atoms with van der Waals surface area (Å²) in [5, 5.41) is -0.278. The quantitative estimate of drug-likeness (QED) is 0.746. The second kappa shape index (κ2) is 5.89. The second-order valence-corrected chi connectivity index (χ2v) is 5.13. The highest BCUT2D eigenvalue weighted by molar-refractivity contribution is 9.10. The van der Waals surface area contributed by atoms with Crippen molar-refractivity contribution in [2.24, 2.45) is 0 Å². The van der Waals surface area contributed by atoms with Crippen LogP contribution in [0.4, 0.5) is 8.78 Å². The maximum Gasteiger partial charge on any atom is 0.198 e. The number of halogens is 4. The molecule has 0 aliphatic carbocycles. The summed E-state index contributed by atoms with van der Waals surface area (Å²) in [4.78, 5) is 12.4. The zero-order valence-electron chi connectivity index (χ0n) is 10.2. The molecule has 0 saturated carbocycles. The average Bonchev–Trinajstić information content (AvgIpc) is 2.43.